The Kier molecular flexibility index (Phi) is 8.54. The molecule has 0 aliphatic rings. The molecule has 0 saturated heterocycles. The molecule has 0 heterocycles. The summed E-state index contributed by atoms with van der Waals surface area (Å²) in [6, 6.07) is 9.04. The molecule has 0 aliphatic carbocycles. The molecule has 6 nitrogen and oxygen atoms in total. The zero-order valence-corrected chi connectivity index (χ0v) is 13.0. The quantitative estimate of drug-likeness (QED) is 0.499. The Morgan fingerprint density at radius 2 is 1.48 bits per heavy atom. The summed E-state index contributed by atoms with van der Waals surface area (Å²) in [6.45, 7) is 5.84. The molecular formula is C17H20O6. The predicted molar refractivity (Wildman–Crippen MR) is 87.8 cm³/mol. The van der Waals surface area contributed by atoms with Crippen LogP contribution in [0.2, 0.25) is 0 Å². The van der Waals surface area contributed by atoms with Crippen LogP contribution in [0.3, 0.4) is 0 Å². The number of phenolic OH excluding ortho intramolecular Hbond substituents is 2. The summed E-state index contributed by atoms with van der Waals surface area (Å²) >= 11 is 0. The summed E-state index contributed by atoms with van der Waals surface area (Å²) in [5.41, 5.74) is 0.968. The standard InChI is InChI=1S/C13H12O2.2C2H4O2/c1-2-5-9-8-12(14)13(15)11-7-4-3-6-10(9)11;2*1-2(3)4/h2-4,6-8,14-15H,1,5H2;2*1H3,(H,3,4). The molecule has 4 N–H and O–H groups in total. The number of hydrogen-bond acceptors (Lipinski definition) is 4. The van der Waals surface area contributed by atoms with Crippen molar-refractivity contribution in [1.82, 2.24) is 0 Å². The molecule has 0 saturated carbocycles. The fraction of sp³-hybridized carbons (Fsp3) is 0.176. The topological polar surface area (TPSA) is 115 Å². The van der Waals surface area contributed by atoms with Gasteiger partial charge in [0.25, 0.3) is 11.9 Å². The van der Waals surface area contributed by atoms with Gasteiger partial charge in [0.1, 0.15) is 0 Å². The van der Waals surface area contributed by atoms with Crippen LogP contribution in [0.15, 0.2) is 43.0 Å². The molecule has 0 aromatic heterocycles. The maximum Gasteiger partial charge on any atom is 0.300 e. The first-order valence-electron chi connectivity index (χ1n) is 6.63. The van der Waals surface area contributed by atoms with Crippen LogP contribution >= 0.6 is 0 Å². The van der Waals surface area contributed by atoms with Crippen LogP contribution in [-0.2, 0) is 16.0 Å². The molecule has 0 atom stereocenters. The van der Waals surface area contributed by atoms with E-state index >= 15 is 0 Å². The summed E-state index contributed by atoms with van der Waals surface area (Å²) in [7, 11) is 0. The zero-order valence-electron chi connectivity index (χ0n) is 13.0. The summed E-state index contributed by atoms with van der Waals surface area (Å²) in [4.78, 5) is 18.0. The number of aliphatic carboxylic acids is 2. The highest BCUT2D eigenvalue weighted by atomic mass is 16.4. The predicted octanol–water partition coefficient (Wildman–Crippen LogP) is 3.16. The van der Waals surface area contributed by atoms with Gasteiger partial charge in [0, 0.05) is 19.2 Å². The third-order valence-corrected chi connectivity index (χ3v) is 2.45. The van der Waals surface area contributed by atoms with Crippen molar-refractivity contribution in [3.05, 3.63) is 48.6 Å². The van der Waals surface area contributed by atoms with Gasteiger partial charge in [-0.05, 0) is 23.4 Å². The lowest BCUT2D eigenvalue weighted by molar-refractivity contribution is -0.135. The van der Waals surface area contributed by atoms with Gasteiger partial charge in [-0.3, -0.25) is 9.59 Å². The molecular weight excluding hydrogens is 300 g/mol. The fourth-order valence-corrected chi connectivity index (χ4v) is 1.74. The first-order valence-corrected chi connectivity index (χ1v) is 6.63. The Morgan fingerprint density at radius 1 is 1.04 bits per heavy atom. The van der Waals surface area contributed by atoms with E-state index < -0.39 is 11.9 Å². The van der Waals surface area contributed by atoms with Crippen LogP contribution in [0.4, 0.5) is 0 Å². The highest BCUT2D eigenvalue weighted by molar-refractivity contribution is 5.93. The number of carbonyl (C=O) groups is 2. The fourth-order valence-electron chi connectivity index (χ4n) is 1.74. The van der Waals surface area contributed by atoms with Crippen molar-refractivity contribution >= 4 is 22.7 Å². The number of carboxylic acids is 2. The minimum atomic E-state index is -0.833. The van der Waals surface area contributed by atoms with Crippen LogP contribution in [0.1, 0.15) is 19.4 Å². The first kappa shape index (κ1) is 20.0. The molecule has 6 heteroatoms. The summed E-state index contributed by atoms with van der Waals surface area (Å²) in [5, 5.41) is 35.7. The van der Waals surface area contributed by atoms with Crippen molar-refractivity contribution in [2.24, 2.45) is 0 Å². The summed E-state index contributed by atoms with van der Waals surface area (Å²) in [6.07, 6.45) is 2.45. The van der Waals surface area contributed by atoms with Gasteiger partial charge in [0.15, 0.2) is 11.5 Å². The van der Waals surface area contributed by atoms with E-state index in [1.54, 1.807) is 18.2 Å². The van der Waals surface area contributed by atoms with Crippen molar-refractivity contribution in [2.75, 3.05) is 0 Å². The average Bonchev–Trinajstić information content (AvgIpc) is 2.43. The number of phenols is 2. The third-order valence-electron chi connectivity index (χ3n) is 2.45. The highest BCUT2D eigenvalue weighted by Gasteiger charge is 2.08. The third kappa shape index (κ3) is 7.52. The van der Waals surface area contributed by atoms with E-state index in [0.717, 1.165) is 24.8 Å². The van der Waals surface area contributed by atoms with Gasteiger partial charge in [-0.25, -0.2) is 0 Å². The van der Waals surface area contributed by atoms with E-state index in [9.17, 15) is 10.2 Å². The van der Waals surface area contributed by atoms with Gasteiger partial charge >= 0.3 is 0 Å². The SMILES string of the molecule is C=CCc1cc(O)c(O)c2ccccc12.CC(=O)O.CC(=O)O. The lowest BCUT2D eigenvalue weighted by atomic mass is 10.0. The molecule has 0 aliphatic heterocycles. The number of fused-ring (bicyclic) bond motifs is 1. The van der Waals surface area contributed by atoms with Crippen molar-refractivity contribution in [1.29, 1.82) is 0 Å². The van der Waals surface area contributed by atoms with E-state index in [2.05, 4.69) is 6.58 Å². The Bertz CT molecular complexity index is 671. The van der Waals surface area contributed by atoms with Crippen LogP contribution < -0.4 is 0 Å². The summed E-state index contributed by atoms with van der Waals surface area (Å²) < 4.78 is 0. The van der Waals surface area contributed by atoms with Gasteiger partial charge in [0.2, 0.25) is 0 Å². The van der Waals surface area contributed by atoms with E-state index in [0.29, 0.717) is 11.8 Å². The molecule has 2 rings (SSSR count). The maximum absolute atomic E-state index is 9.68. The number of carboxylic acid groups (broad SMARTS) is 2. The minimum absolute atomic E-state index is 0.0570. The molecule has 2 aromatic rings. The van der Waals surface area contributed by atoms with E-state index in [1.165, 1.54) is 0 Å². The second-order valence-electron chi connectivity index (χ2n) is 4.48. The van der Waals surface area contributed by atoms with Gasteiger partial charge in [0.05, 0.1) is 0 Å². The molecule has 124 valence electrons. The van der Waals surface area contributed by atoms with E-state index in [1.807, 2.05) is 18.2 Å². The average molecular weight is 320 g/mol. The van der Waals surface area contributed by atoms with Crippen molar-refractivity contribution in [3.8, 4) is 11.5 Å². The summed E-state index contributed by atoms with van der Waals surface area (Å²) in [5.74, 6) is -1.80. The lowest BCUT2D eigenvalue weighted by Gasteiger charge is -2.08. The number of aromatic hydroxyl groups is 2. The maximum atomic E-state index is 9.68. The van der Waals surface area contributed by atoms with Gasteiger partial charge in [-0.1, -0.05) is 30.3 Å². The normalized spacial score (nSPS) is 8.96. The highest BCUT2D eigenvalue weighted by Crippen LogP contribution is 2.36. The van der Waals surface area contributed by atoms with Crippen molar-refractivity contribution in [3.63, 3.8) is 0 Å². The number of benzene rings is 2. The Labute approximate surface area is 133 Å². The minimum Gasteiger partial charge on any atom is -0.504 e. The van der Waals surface area contributed by atoms with E-state index in [4.69, 9.17) is 19.8 Å². The molecule has 23 heavy (non-hydrogen) atoms. The smallest absolute Gasteiger partial charge is 0.300 e. The number of rotatable bonds is 2. The van der Waals surface area contributed by atoms with Crippen molar-refractivity contribution in [2.45, 2.75) is 20.3 Å². The largest absolute Gasteiger partial charge is 0.504 e. The zero-order chi connectivity index (χ0) is 18.0. The van der Waals surface area contributed by atoms with Crippen LogP contribution in [0.5, 0.6) is 11.5 Å². The molecule has 0 radical (unpaired) electrons. The Hall–Kier alpha value is -3.02. The van der Waals surface area contributed by atoms with Crippen LogP contribution in [-0.4, -0.2) is 32.4 Å². The van der Waals surface area contributed by atoms with Gasteiger partial charge in [-0.2, -0.15) is 0 Å². The second-order valence-corrected chi connectivity index (χ2v) is 4.48. The number of allylic oxidation sites excluding steroid dienone is 1. The first-order chi connectivity index (χ1) is 10.7. The number of hydrogen-bond donors (Lipinski definition) is 4. The van der Waals surface area contributed by atoms with Gasteiger partial charge < -0.3 is 20.4 Å². The Balaban J connectivity index is 0.000000509. The molecule has 0 unspecified atom stereocenters. The van der Waals surface area contributed by atoms with Gasteiger partial charge in [-0.15, -0.1) is 6.58 Å². The van der Waals surface area contributed by atoms with E-state index in [-0.39, 0.29) is 11.5 Å². The molecule has 0 fully saturated rings. The molecule has 0 bridgehead atoms. The second kappa shape index (κ2) is 9.83. The Morgan fingerprint density at radius 3 is 1.91 bits per heavy atom. The van der Waals surface area contributed by atoms with Crippen LogP contribution in [0, 0.1) is 0 Å². The van der Waals surface area contributed by atoms with Crippen LogP contribution in [0.25, 0.3) is 10.8 Å². The van der Waals surface area contributed by atoms with Crippen molar-refractivity contribution < 1.29 is 30.0 Å². The monoisotopic (exact) mass is 320 g/mol. The lowest BCUT2D eigenvalue weighted by Crippen LogP contribution is -1.85. The molecule has 2 aromatic carbocycles. The molecule has 0 spiro atoms. The molecule has 0 amide bonds.